The third-order valence-corrected chi connectivity index (χ3v) is 3.80. The quantitative estimate of drug-likeness (QED) is 0.776. The summed E-state index contributed by atoms with van der Waals surface area (Å²) in [6, 6.07) is 0. The molecule has 2 N–H and O–H groups in total. The molecule has 1 heterocycles. The molecule has 1 aromatic rings. The van der Waals surface area contributed by atoms with Crippen molar-refractivity contribution >= 4 is 0 Å². The highest BCUT2D eigenvalue weighted by molar-refractivity contribution is 4.80. The van der Waals surface area contributed by atoms with Gasteiger partial charge in [-0.25, -0.2) is 4.98 Å². The van der Waals surface area contributed by atoms with Crippen LogP contribution in [0.25, 0.3) is 0 Å². The Morgan fingerprint density at radius 1 is 1.45 bits per heavy atom. The molecule has 114 valence electrons. The molecule has 6 heteroatoms. The Bertz CT molecular complexity index is 388. The van der Waals surface area contributed by atoms with Gasteiger partial charge in [-0.3, -0.25) is 4.68 Å². The van der Waals surface area contributed by atoms with E-state index in [-0.39, 0.29) is 0 Å². The Kier molecular flexibility index (Phi) is 5.94. The van der Waals surface area contributed by atoms with Crippen molar-refractivity contribution < 1.29 is 9.84 Å². The molecule has 1 aliphatic rings. The number of ether oxygens (including phenoxy) is 1. The summed E-state index contributed by atoms with van der Waals surface area (Å²) in [5, 5.41) is 17.2. The Balaban J connectivity index is 1.55. The number of nitrogens with zero attached hydrogens (tertiary/aromatic N) is 3. The van der Waals surface area contributed by atoms with Gasteiger partial charge in [0.2, 0.25) is 0 Å². The summed E-state index contributed by atoms with van der Waals surface area (Å²) in [6.45, 7) is 3.77. The largest absolute Gasteiger partial charge is 0.389 e. The topological polar surface area (TPSA) is 72.2 Å². The van der Waals surface area contributed by atoms with E-state index in [0.29, 0.717) is 25.8 Å². The predicted molar refractivity (Wildman–Crippen MR) is 76.1 cm³/mol. The molecule has 1 unspecified atom stereocenters. The van der Waals surface area contributed by atoms with E-state index in [4.69, 9.17) is 4.74 Å². The molecule has 2 rings (SSSR count). The maximum atomic E-state index is 9.88. The highest BCUT2D eigenvalue weighted by Gasteiger charge is 2.19. The van der Waals surface area contributed by atoms with Crippen LogP contribution in [0.4, 0.5) is 0 Å². The molecule has 1 aromatic heterocycles. The van der Waals surface area contributed by atoms with Crippen LogP contribution < -0.4 is 5.32 Å². The number of hydrogen-bond acceptors (Lipinski definition) is 5. The van der Waals surface area contributed by atoms with Crippen LogP contribution in [0, 0.1) is 5.92 Å². The van der Waals surface area contributed by atoms with E-state index in [9.17, 15) is 5.11 Å². The fourth-order valence-corrected chi connectivity index (χ4v) is 2.52. The van der Waals surface area contributed by atoms with Crippen LogP contribution in [-0.4, -0.2) is 45.2 Å². The van der Waals surface area contributed by atoms with Gasteiger partial charge < -0.3 is 15.2 Å². The van der Waals surface area contributed by atoms with Crippen molar-refractivity contribution in [1.29, 1.82) is 0 Å². The Morgan fingerprint density at radius 2 is 2.20 bits per heavy atom. The molecule has 1 aliphatic carbocycles. The van der Waals surface area contributed by atoms with E-state index in [0.717, 1.165) is 24.6 Å². The Morgan fingerprint density at radius 3 is 2.85 bits per heavy atom. The SMILES string of the molecule is CC1CCC(OCC(O)CNCc2ncn(C)n2)CC1. The number of rotatable bonds is 7. The van der Waals surface area contributed by atoms with Gasteiger partial charge in [-0.1, -0.05) is 6.92 Å². The van der Waals surface area contributed by atoms with Crippen molar-refractivity contribution in [3.05, 3.63) is 12.2 Å². The van der Waals surface area contributed by atoms with E-state index in [1.165, 1.54) is 12.8 Å². The summed E-state index contributed by atoms with van der Waals surface area (Å²) in [5.41, 5.74) is 0. The number of hydrogen-bond donors (Lipinski definition) is 2. The zero-order valence-corrected chi connectivity index (χ0v) is 12.5. The number of nitrogens with one attached hydrogen (secondary N) is 1. The molecule has 0 spiro atoms. The fraction of sp³-hybridized carbons (Fsp3) is 0.857. The minimum atomic E-state index is -0.474. The maximum absolute atomic E-state index is 9.88. The molecule has 6 nitrogen and oxygen atoms in total. The van der Waals surface area contributed by atoms with E-state index < -0.39 is 6.10 Å². The third kappa shape index (κ3) is 5.19. The van der Waals surface area contributed by atoms with Crippen molar-refractivity contribution in [3.63, 3.8) is 0 Å². The first-order valence-corrected chi connectivity index (χ1v) is 7.48. The van der Waals surface area contributed by atoms with Crippen LogP contribution in [0.1, 0.15) is 38.4 Å². The number of aromatic nitrogens is 3. The van der Waals surface area contributed by atoms with Crippen molar-refractivity contribution in [3.8, 4) is 0 Å². The normalized spacial score (nSPS) is 24.8. The van der Waals surface area contributed by atoms with Crippen LogP contribution in [0.5, 0.6) is 0 Å². The molecule has 20 heavy (non-hydrogen) atoms. The van der Waals surface area contributed by atoms with Gasteiger partial charge in [-0.2, -0.15) is 5.10 Å². The van der Waals surface area contributed by atoms with Gasteiger partial charge in [0.1, 0.15) is 6.33 Å². The van der Waals surface area contributed by atoms with Crippen molar-refractivity contribution in [1.82, 2.24) is 20.1 Å². The van der Waals surface area contributed by atoms with Crippen LogP contribution in [0.3, 0.4) is 0 Å². The van der Waals surface area contributed by atoms with Gasteiger partial charge in [-0.15, -0.1) is 0 Å². The van der Waals surface area contributed by atoms with Gasteiger partial charge in [0.15, 0.2) is 5.82 Å². The second-order valence-electron chi connectivity index (χ2n) is 5.83. The first-order chi connectivity index (χ1) is 9.63. The lowest BCUT2D eigenvalue weighted by atomic mass is 9.89. The molecule has 0 bridgehead atoms. The molecular weight excluding hydrogens is 256 g/mol. The average molecular weight is 282 g/mol. The molecular formula is C14H26N4O2. The predicted octanol–water partition coefficient (Wildman–Crippen LogP) is 0.861. The molecule has 1 fully saturated rings. The lowest BCUT2D eigenvalue weighted by molar-refractivity contribution is -0.0279. The number of aliphatic hydroxyl groups is 1. The van der Waals surface area contributed by atoms with Crippen LogP contribution in [0.2, 0.25) is 0 Å². The fourth-order valence-electron chi connectivity index (χ4n) is 2.52. The maximum Gasteiger partial charge on any atom is 0.164 e. The van der Waals surface area contributed by atoms with Gasteiger partial charge in [0, 0.05) is 13.6 Å². The van der Waals surface area contributed by atoms with Gasteiger partial charge >= 0.3 is 0 Å². The molecule has 1 atom stereocenters. The number of aliphatic hydroxyl groups excluding tert-OH is 1. The van der Waals surface area contributed by atoms with E-state index in [1.807, 2.05) is 7.05 Å². The smallest absolute Gasteiger partial charge is 0.164 e. The highest BCUT2D eigenvalue weighted by atomic mass is 16.5. The minimum Gasteiger partial charge on any atom is -0.389 e. The van der Waals surface area contributed by atoms with Gasteiger partial charge in [-0.05, 0) is 31.6 Å². The summed E-state index contributed by atoms with van der Waals surface area (Å²) in [4.78, 5) is 4.12. The van der Waals surface area contributed by atoms with E-state index in [1.54, 1.807) is 11.0 Å². The Labute approximate surface area is 120 Å². The first kappa shape index (κ1) is 15.4. The zero-order chi connectivity index (χ0) is 14.4. The Hall–Kier alpha value is -0.980. The van der Waals surface area contributed by atoms with E-state index >= 15 is 0 Å². The van der Waals surface area contributed by atoms with Crippen LogP contribution >= 0.6 is 0 Å². The molecule has 0 radical (unpaired) electrons. The first-order valence-electron chi connectivity index (χ1n) is 7.48. The zero-order valence-electron chi connectivity index (χ0n) is 12.5. The summed E-state index contributed by atoms with van der Waals surface area (Å²) in [7, 11) is 1.84. The molecule has 0 amide bonds. The summed E-state index contributed by atoms with van der Waals surface area (Å²) >= 11 is 0. The minimum absolute atomic E-state index is 0.332. The molecule has 0 aliphatic heterocycles. The third-order valence-electron chi connectivity index (χ3n) is 3.80. The van der Waals surface area contributed by atoms with Gasteiger partial charge in [0.25, 0.3) is 0 Å². The molecule has 1 saturated carbocycles. The van der Waals surface area contributed by atoms with Crippen LogP contribution in [-0.2, 0) is 18.3 Å². The summed E-state index contributed by atoms with van der Waals surface area (Å²) < 4.78 is 7.44. The average Bonchev–Trinajstić information content (AvgIpc) is 2.84. The molecule has 0 saturated heterocycles. The highest BCUT2D eigenvalue weighted by Crippen LogP contribution is 2.25. The number of aryl methyl sites for hydroxylation is 1. The lowest BCUT2D eigenvalue weighted by Crippen LogP contribution is -2.32. The lowest BCUT2D eigenvalue weighted by Gasteiger charge is -2.27. The van der Waals surface area contributed by atoms with Gasteiger partial charge in [0.05, 0.1) is 25.4 Å². The van der Waals surface area contributed by atoms with E-state index in [2.05, 4.69) is 22.3 Å². The van der Waals surface area contributed by atoms with Crippen molar-refractivity contribution in [2.45, 2.75) is 51.4 Å². The summed E-state index contributed by atoms with van der Waals surface area (Å²) in [5.74, 6) is 1.56. The van der Waals surface area contributed by atoms with Crippen LogP contribution in [0.15, 0.2) is 6.33 Å². The molecule has 0 aromatic carbocycles. The monoisotopic (exact) mass is 282 g/mol. The second kappa shape index (κ2) is 7.71. The van der Waals surface area contributed by atoms with Crippen molar-refractivity contribution in [2.24, 2.45) is 13.0 Å². The summed E-state index contributed by atoms with van der Waals surface area (Å²) in [6.07, 6.45) is 6.25. The second-order valence-corrected chi connectivity index (χ2v) is 5.83. The van der Waals surface area contributed by atoms with Crippen molar-refractivity contribution in [2.75, 3.05) is 13.2 Å². The standard InChI is InChI=1S/C14H26N4O2/c1-11-3-5-13(6-4-11)20-9-12(19)7-15-8-14-16-10-18(2)17-14/h10-13,15,19H,3-9H2,1-2H3.